The molecule has 1 rings (SSSR count). The zero-order valence-electron chi connectivity index (χ0n) is 15.0. The van der Waals surface area contributed by atoms with Crippen LogP contribution in [-0.4, -0.2) is 62.3 Å². The fraction of sp³-hybridized carbons (Fsp3) is 0.941. The summed E-state index contributed by atoms with van der Waals surface area (Å²) in [7, 11) is 0. The molecule has 0 saturated carbocycles. The molecule has 0 aromatic heterocycles. The third-order valence-electron chi connectivity index (χ3n) is 4.21. The molecule has 1 heterocycles. The first-order valence-electron chi connectivity index (χ1n) is 9.08. The van der Waals surface area contributed by atoms with Crippen molar-refractivity contribution in [1.29, 1.82) is 0 Å². The Morgan fingerprint density at radius 3 is 2.68 bits per heavy atom. The van der Waals surface area contributed by atoms with Gasteiger partial charge < -0.3 is 20.3 Å². The molecule has 1 fully saturated rings. The van der Waals surface area contributed by atoms with E-state index in [1.807, 2.05) is 0 Å². The molecule has 130 valence electrons. The first kappa shape index (κ1) is 19.2. The maximum atomic E-state index is 5.63. The Morgan fingerprint density at radius 1 is 1.32 bits per heavy atom. The van der Waals surface area contributed by atoms with Crippen LogP contribution in [0.15, 0.2) is 4.99 Å². The Kier molecular flexibility index (Phi) is 10.2. The van der Waals surface area contributed by atoms with E-state index in [0.29, 0.717) is 12.1 Å². The predicted octanol–water partition coefficient (Wildman–Crippen LogP) is 2.23. The molecule has 22 heavy (non-hydrogen) atoms. The van der Waals surface area contributed by atoms with Crippen LogP contribution in [-0.2, 0) is 4.74 Å². The lowest BCUT2D eigenvalue weighted by molar-refractivity contribution is 0.117. The minimum absolute atomic E-state index is 0.313. The lowest BCUT2D eigenvalue weighted by atomic mass is 10.2. The van der Waals surface area contributed by atoms with Crippen molar-refractivity contribution in [3.8, 4) is 0 Å². The van der Waals surface area contributed by atoms with Gasteiger partial charge in [-0.15, -0.1) is 0 Å². The maximum absolute atomic E-state index is 5.63. The van der Waals surface area contributed by atoms with Crippen LogP contribution in [0.3, 0.4) is 0 Å². The van der Waals surface area contributed by atoms with Gasteiger partial charge in [0.15, 0.2) is 5.96 Å². The average Bonchev–Trinajstić information content (AvgIpc) is 3.03. The Bertz CT molecular complexity index is 299. The van der Waals surface area contributed by atoms with E-state index in [1.54, 1.807) is 0 Å². The first-order chi connectivity index (χ1) is 10.7. The summed E-state index contributed by atoms with van der Waals surface area (Å²) in [4.78, 5) is 7.15. The summed E-state index contributed by atoms with van der Waals surface area (Å²) in [5.74, 6) is 0.924. The van der Waals surface area contributed by atoms with Crippen LogP contribution in [0.2, 0.25) is 0 Å². The summed E-state index contributed by atoms with van der Waals surface area (Å²) in [5.41, 5.74) is 0. The van der Waals surface area contributed by atoms with Gasteiger partial charge in [-0.05, 0) is 59.2 Å². The minimum Gasteiger partial charge on any atom is -0.376 e. The number of guanidine groups is 1. The van der Waals surface area contributed by atoms with Crippen molar-refractivity contribution >= 4 is 5.96 Å². The van der Waals surface area contributed by atoms with Crippen molar-refractivity contribution in [2.75, 3.05) is 39.3 Å². The number of rotatable bonds is 10. The summed E-state index contributed by atoms with van der Waals surface area (Å²) in [6, 6.07) is 0.442. The highest BCUT2D eigenvalue weighted by Gasteiger charge is 2.15. The van der Waals surface area contributed by atoms with E-state index in [0.717, 1.165) is 45.2 Å². The highest BCUT2D eigenvalue weighted by Crippen LogP contribution is 2.11. The van der Waals surface area contributed by atoms with Gasteiger partial charge in [0.1, 0.15) is 0 Å². The van der Waals surface area contributed by atoms with Gasteiger partial charge in [-0.1, -0.05) is 13.8 Å². The maximum Gasteiger partial charge on any atom is 0.191 e. The normalized spacial score (nSPS) is 20.4. The molecule has 2 atom stereocenters. The highest BCUT2D eigenvalue weighted by molar-refractivity contribution is 5.80. The quantitative estimate of drug-likeness (QED) is 0.480. The molecule has 2 N–H and O–H groups in total. The summed E-state index contributed by atoms with van der Waals surface area (Å²) in [6.07, 6.45) is 5.02. The number of nitrogens with one attached hydrogen (secondary N) is 2. The van der Waals surface area contributed by atoms with Crippen LogP contribution >= 0.6 is 0 Å². The van der Waals surface area contributed by atoms with Crippen molar-refractivity contribution in [2.45, 2.75) is 65.5 Å². The summed E-state index contributed by atoms with van der Waals surface area (Å²) < 4.78 is 5.63. The SMILES string of the molecule is CCNC(=NCC1CCCO1)NC(C)CCCN(CC)CC. The fourth-order valence-corrected chi connectivity index (χ4v) is 2.77. The van der Waals surface area contributed by atoms with E-state index in [-0.39, 0.29) is 0 Å². The number of hydrogen-bond donors (Lipinski definition) is 2. The van der Waals surface area contributed by atoms with E-state index >= 15 is 0 Å². The van der Waals surface area contributed by atoms with Crippen molar-refractivity contribution < 1.29 is 4.74 Å². The van der Waals surface area contributed by atoms with Crippen molar-refractivity contribution in [3.05, 3.63) is 0 Å². The number of aliphatic imine (C=N–C) groups is 1. The zero-order chi connectivity index (χ0) is 16.2. The van der Waals surface area contributed by atoms with Crippen LogP contribution in [0.4, 0.5) is 0 Å². The van der Waals surface area contributed by atoms with Gasteiger partial charge in [-0.2, -0.15) is 0 Å². The molecular formula is C17H36N4O. The second kappa shape index (κ2) is 11.7. The van der Waals surface area contributed by atoms with Crippen LogP contribution < -0.4 is 10.6 Å². The Hall–Kier alpha value is -0.810. The summed E-state index contributed by atoms with van der Waals surface area (Å²) in [5, 5.41) is 6.85. The van der Waals surface area contributed by atoms with Gasteiger partial charge in [0.05, 0.1) is 12.6 Å². The van der Waals surface area contributed by atoms with Gasteiger partial charge in [0.25, 0.3) is 0 Å². The van der Waals surface area contributed by atoms with Gasteiger partial charge in [-0.3, -0.25) is 4.99 Å². The molecule has 0 amide bonds. The third kappa shape index (κ3) is 7.99. The second-order valence-corrected chi connectivity index (χ2v) is 6.07. The lowest BCUT2D eigenvalue weighted by Gasteiger charge is -2.21. The molecular weight excluding hydrogens is 276 g/mol. The Balaban J connectivity index is 2.29. The molecule has 1 aliphatic rings. The van der Waals surface area contributed by atoms with E-state index in [2.05, 4.69) is 48.2 Å². The molecule has 5 heteroatoms. The first-order valence-corrected chi connectivity index (χ1v) is 9.08. The molecule has 0 bridgehead atoms. The molecule has 0 aromatic carbocycles. The van der Waals surface area contributed by atoms with Crippen LogP contribution in [0.1, 0.15) is 53.4 Å². The molecule has 1 saturated heterocycles. The standard InChI is InChI=1S/C17H36N4O/c1-5-18-17(19-14-16-11-9-13-22-16)20-15(4)10-8-12-21(6-2)7-3/h15-16H,5-14H2,1-4H3,(H2,18,19,20). The average molecular weight is 313 g/mol. The molecule has 1 aliphatic heterocycles. The zero-order valence-corrected chi connectivity index (χ0v) is 15.0. The molecule has 0 spiro atoms. The van der Waals surface area contributed by atoms with Crippen LogP contribution in [0.5, 0.6) is 0 Å². The van der Waals surface area contributed by atoms with E-state index in [9.17, 15) is 0 Å². The van der Waals surface area contributed by atoms with Gasteiger partial charge in [-0.25, -0.2) is 0 Å². The van der Waals surface area contributed by atoms with Gasteiger partial charge in [0, 0.05) is 19.2 Å². The van der Waals surface area contributed by atoms with Crippen molar-refractivity contribution in [2.24, 2.45) is 4.99 Å². The van der Waals surface area contributed by atoms with Gasteiger partial charge >= 0.3 is 0 Å². The molecule has 0 aromatic rings. The smallest absolute Gasteiger partial charge is 0.191 e. The fourth-order valence-electron chi connectivity index (χ4n) is 2.77. The predicted molar refractivity (Wildman–Crippen MR) is 94.6 cm³/mol. The van der Waals surface area contributed by atoms with Crippen molar-refractivity contribution in [1.82, 2.24) is 15.5 Å². The van der Waals surface area contributed by atoms with Gasteiger partial charge in [0.2, 0.25) is 0 Å². The van der Waals surface area contributed by atoms with E-state index in [1.165, 1.54) is 25.8 Å². The molecule has 0 radical (unpaired) electrons. The topological polar surface area (TPSA) is 48.9 Å². The second-order valence-electron chi connectivity index (χ2n) is 6.07. The van der Waals surface area contributed by atoms with Crippen molar-refractivity contribution in [3.63, 3.8) is 0 Å². The molecule has 2 unspecified atom stereocenters. The summed E-state index contributed by atoms with van der Waals surface area (Å²) >= 11 is 0. The Morgan fingerprint density at radius 2 is 2.09 bits per heavy atom. The van der Waals surface area contributed by atoms with E-state index < -0.39 is 0 Å². The van der Waals surface area contributed by atoms with Crippen LogP contribution in [0, 0.1) is 0 Å². The molecule has 5 nitrogen and oxygen atoms in total. The number of hydrogen-bond acceptors (Lipinski definition) is 3. The number of ether oxygens (including phenoxy) is 1. The molecule has 0 aliphatic carbocycles. The highest BCUT2D eigenvalue weighted by atomic mass is 16.5. The Labute approximate surface area is 136 Å². The van der Waals surface area contributed by atoms with Crippen LogP contribution in [0.25, 0.3) is 0 Å². The number of nitrogens with zero attached hydrogens (tertiary/aromatic N) is 2. The minimum atomic E-state index is 0.313. The summed E-state index contributed by atoms with van der Waals surface area (Å²) in [6.45, 7) is 14.8. The third-order valence-corrected chi connectivity index (χ3v) is 4.21. The largest absolute Gasteiger partial charge is 0.376 e. The lowest BCUT2D eigenvalue weighted by Crippen LogP contribution is -2.43. The monoisotopic (exact) mass is 312 g/mol. The van der Waals surface area contributed by atoms with E-state index in [4.69, 9.17) is 4.74 Å².